The Morgan fingerprint density at radius 2 is 1.91 bits per heavy atom. The summed E-state index contributed by atoms with van der Waals surface area (Å²) in [4.78, 5) is 0. The van der Waals surface area contributed by atoms with Crippen LogP contribution >= 0.6 is 0 Å². The van der Waals surface area contributed by atoms with Gasteiger partial charge in [-0.2, -0.15) is 0 Å². The zero-order valence-electron chi connectivity index (χ0n) is 11.8. The van der Waals surface area contributed by atoms with Crippen LogP contribution in [0.3, 0.4) is 0 Å². The van der Waals surface area contributed by atoms with E-state index in [9.17, 15) is 17.5 Å². The first-order valence-electron chi connectivity index (χ1n) is 6.71. The molecule has 1 unspecified atom stereocenters. The molecule has 23 heavy (non-hydrogen) atoms. The van der Waals surface area contributed by atoms with E-state index >= 15 is 0 Å². The van der Waals surface area contributed by atoms with Crippen LogP contribution in [0.5, 0.6) is 11.5 Å². The lowest BCUT2D eigenvalue weighted by Crippen LogP contribution is -2.16. The van der Waals surface area contributed by atoms with Crippen molar-refractivity contribution in [3.63, 3.8) is 0 Å². The largest absolute Gasteiger partial charge is 0.760 e. The lowest BCUT2D eigenvalue weighted by molar-refractivity contribution is 0.134. The van der Waals surface area contributed by atoms with Crippen molar-refractivity contribution in [3.8, 4) is 11.5 Å². The summed E-state index contributed by atoms with van der Waals surface area (Å²) in [7, 11) is 0. The zero-order valence-corrected chi connectivity index (χ0v) is 12.6. The molecular formula is C15H12F2NO4S-. The normalized spacial score (nSPS) is 14.6. The number of hydrogen-bond acceptors (Lipinski definition) is 4. The Morgan fingerprint density at radius 1 is 1.17 bits per heavy atom. The number of rotatable bonds is 5. The molecule has 1 heterocycles. The van der Waals surface area contributed by atoms with E-state index in [0.29, 0.717) is 18.8 Å². The molecule has 1 aliphatic heterocycles. The van der Waals surface area contributed by atoms with Gasteiger partial charge in [-0.25, -0.2) is 13.5 Å². The molecule has 1 atom stereocenters. The topological polar surface area (TPSA) is 70.6 Å². The quantitative estimate of drug-likeness (QED) is 0.850. The first-order chi connectivity index (χ1) is 11.0. The Balaban J connectivity index is 1.94. The van der Waals surface area contributed by atoms with Crippen molar-refractivity contribution in [1.29, 1.82) is 0 Å². The Kier molecular flexibility index (Phi) is 4.67. The van der Waals surface area contributed by atoms with Gasteiger partial charge in [-0.15, -0.1) is 0 Å². The van der Waals surface area contributed by atoms with E-state index in [1.165, 1.54) is 6.07 Å². The predicted molar refractivity (Wildman–Crippen MR) is 77.1 cm³/mol. The summed E-state index contributed by atoms with van der Waals surface area (Å²) in [5.41, 5.74) is 2.34. The average molecular weight is 340 g/mol. The molecule has 122 valence electrons. The van der Waals surface area contributed by atoms with Crippen molar-refractivity contribution in [2.75, 3.05) is 0 Å². The van der Waals surface area contributed by atoms with E-state index in [4.69, 9.17) is 9.47 Å². The Bertz CT molecular complexity index is 769. The predicted octanol–water partition coefficient (Wildman–Crippen LogP) is 2.67. The molecule has 0 aromatic heterocycles. The molecule has 2 aromatic rings. The fourth-order valence-electron chi connectivity index (χ4n) is 2.30. The molecule has 2 aromatic carbocycles. The van der Waals surface area contributed by atoms with Crippen LogP contribution in [-0.4, -0.2) is 8.76 Å². The molecule has 0 bridgehead atoms. The number of ether oxygens (including phenoxy) is 2. The second kappa shape index (κ2) is 6.71. The van der Waals surface area contributed by atoms with Crippen LogP contribution in [0.2, 0.25) is 0 Å². The molecule has 0 saturated heterocycles. The van der Waals surface area contributed by atoms with E-state index in [2.05, 4.69) is 4.72 Å². The van der Waals surface area contributed by atoms with E-state index < -0.39 is 22.9 Å². The van der Waals surface area contributed by atoms with Crippen LogP contribution in [0.1, 0.15) is 16.7 Å². The van der Waals surface area contributed by atoms with Gasteiger partial charge in [-0.05, 0) is 35.4 Å². The van der Waals surface area contributed by atoms with Crippen LogP contribution in [0, 0.1) is 11.6 Å². The van der Waals surface area contributed by atoms with Crippen molar-refractivity contribution in [3.05, 3.63) is 58.7 Å². The Hall–Kier alpha value is -1.87. The van der Waals surface area contributed by atoms with Crippen molar-refractivity contribution >= 4 is 11.3 Å². The average Bonchev–Trinajstić information content (AvgIpc) is 2.94. The molecule has 3 rings (SSSR count). The minimum atomic E-state index is -2.44. The van der Waals surface area contributed by atoms with E-state index in [1.54, 1.807) is 12.1 Å². The van der Waals surface area contributed by atoms with Crippen molar-refractivity contribution in [1.82, 2.24) is 4.72 Å². The number of hydrogen-bond donors (Lipinski definition) is 1. The van der Waals surface area contributed by atoms with Gasteiger partial charge >= 0.3 is 0 Å². The van der Waals surface area contributed by atoms with Gasteiger partial charge < -0.3 is 14.0 Å². The summed E-state index contributed by atoms with van der Waals surface area (Å²) in [5.74, 6) is -1.40. The third kappa shape index (κ3) is 3.73. The van der Waals surface area contributed by atoms with Crippen LogP contribution in [0.4, 0.5) is 8.78 Å². The standard InChI is InChI=1S/C15H13F2NO4S/c16-12-1-2-14(13(17)5-12)22-15-4-11-8-21-7-10(11)3-9(15)6-18-23(19)20/h1-5,18H,6-8H2,(H,19,20)/p-1. The summed E-state index contributed by atoms with van der Waals surface area (Å²) >= 11 is -2.44. The summed E-state index contributed by atoms with van der Waals surface area (Å²) in [5, 5.41) is 0. The molecule has 0 fully saturated rings. The van der Waals surface area contributed by atoms with Gasteiger partial charge in [-0.3, -0.25) is 4.21 Å². The SMILES string of the molecule is O=S([O-])NCc1cc2c(cc1Oc1ccc(F)cc1F)COC2. The number of fused-ring (bicyclic) bond motifs is 1. The van der Waals surface area contributed by atoms with E-state index in [-0.39, 0.29) is 18.0 Å². The van der Waals surface area contributed by atoms with Gasteiger partial charge in [0.2, 0.25) is 0 Å². The highest BCUT2D eigenvalue weighted by Crippen LogP contribution is 2.33. The van der Waals surface area contributed by atoms with Crippen molar-refractivity contribution in [2.24, 2.45) is 0 Å². The molecule has 5 nitrogen and oxygen atoms in total. The van der Waals surface area contributed by atoms with Gasteiger partial charge in [0.15, 0.2) is 11.6 Å². The van der Waals surface area contributed by atoms with Gasteiger partial charge in [-0.1, -0.05) is 0 Å². The maximum atomic E-state index is 13.8. The summed E-state index contributed by atoms with van der Waals surface area (Å²) in [6.45, 7) is 0.814. The van der Waals surface area contributed by atoms with Gasteiger partial charge in [0.1, 0.15) is 11.6 Å². The van der Waals surface area contributed by atoms with Crippen LogP contribution in [0.15, 0.2) is 30.3 Å². The number of halogens is 2. The van der Waals surface area contributed by atoms with Crippen LogP contribution < -0.4 is 9.46 Å². The summed E-state index contributed by atoms with van der Waals surface area (Å²) in [6.07, 6.45) is 0. The molecule has 1 N–H and O–H groups in total. The number of nitrogens with one attached hydrogen (secondary N) is 1. The first-order valence-corrected chi connectivity index (χ1v) is 7.78. The Morgan fingerprint density at radius 3 is 2.61 bits per heavy atom. The molecule has 0 aliphatic carbocycles. The number of benzene rings is 2. The van der Waals surface area contributed by atoms with E-state index in [0.717, 1.165) is 23.3 Å². The second-order valence-corrected chi connectivity index (χ2v) is 5.71. The summed E-state index contributed by atoms with van der Waals surface area (Å²) in [6, 6.07) is 6.40. The zero-order chi connectivity index (χ0) is 16.4. The van der Waals surface area contributed by atoms with E-state index in [1.807, 2.05) is 0 Å². The highest BCUT2D eigenvalue weighted by Gasteiger charge is 2.17. The molecule has 1 aliphatic rings. The molecule has 0 radical (unpaired) electrons. The summed E-state index contributed by atoms with van der Waals surface area (Å²) < 4.78 is 61.2. The highest BCUT2D eigenvalue weighted by molar-refractivity contribution is 7.77. The van der Waals surface area contributed by atoms with Crippen molar-refractivity contribution in [2.45, 2.75) is 19.8 Å². The van der Waals surface area contributed by atoms with Gasteiger partial charge in [0.25, 0.3) is 0 Å². The maximum Gasteiger partial charge on any atom is 0.168 e. The monoisotopic (exact) mass is 340 g/mol. The molecular weight excluding hydrogens is 328 g/mol. The van der Waals surface area contributed by atoms with Crippen LogP contribution in [-0.2, 0) is 35.8 Å². The third-order valence-corrected chi connectivity index (χ3v) is 3.77. The minimum absolute atomic E-state index is 0.0124. The van der Waals surface area contributed by atoms with Gasteiger partial charge in [0.05, 0.1) is 13.2 Å². The molecule has 8 heteroatoms. The molecule has 0 spiro atoms. The fourth-order valence-corrected chi connectivity index (χ4v) is 2.58. The van der Waals surface area contributed by atoms with Crippen molar-refractivity contribution < 1.29 is 27.0 Å². The lowest BCUT2D eigenvalue weighted by atomic mass is 10.1. The molecule has 0 amide bonds. The fraction of sp³-hybridized carbons (Fsp3) is 0.200. The minimum Gasteiger partial charge on any atom is -0.760 e. The first kappa shape index (κ1) is 16.0. The van der Waals surface area contributed by atoms with Gasteiger partial charge in [0, 0.05) is 29.4 Å². The maximum absolute atomic E-state index is 13.8. The smallest absolute Gasteiger partial charge is 0.168 e. The third-order valence-electron chi connectivity index (χ3n) is 3.39. The Labute approximate surface area is 133 Å². The molecule has 0 saturated carbocycles. The van der Waals surface area contributed by atoms with Crippen LogP contribution in [0.25, 0.3) is 0 Å². The lowest BCUT2D eigenvalue weighted by Gasteiger charge is -2.15. The highest BCUT2D eigenvalue weighted by atomic mass is 32.2. The second-order valence-electron chi connectivity index (χ2n) is 4.95.